The second-order valence-corrected chi connectivity index (χ2v) is 4.23. The van der Waals surface area contributed by atoms with Crippen LogP contribution in [0.25, 0.3) is 0 Å². The lowest BCUT2D eigenvalue weighted by atomic mass is 9.80. The number of hydrogen-bond donors (Lipinski definition) is 1. The van der Waals surface area contributed by atoms with E-state index in [0.29, 0.717) is 18.1 Å². The Bertz CT molecular complexity index is 275. The maximum Gasteiger partial charge on any atom is 0.141 e. The second kappa shape index (κ2) is 5.64. The quantitative estimate of drug-likeness (QED) is 0.704. The Morgan fingerprint density at radius 1 is 1.60 bits per heavy atom. The van der Waals surface area contributed by atoms with E-state index in [1.54, 1.807) is 6.08 Å². The minimum absolute atomic E-state index is 0.122. The molecule has 1 saturated carbocycles. The first-order valence-electron chi connectivity index (χ1n) is 5.54. The summed E-state index contributed by atoms with van der Waals surface area (Å²) >= 11 is 0. The van der Waals surface area contributed by atoms with Crippen LogP contribution in [0.3, 0.4) is 0 Å². The maximum absolute atomic E-state index is 11.6. The molecule has 0 aliphatic heterocycles. The fourth-order valence-corrected chi connectivity index (χ4v) is 1.99. The van der Waals surface area contributed by atoms with Crippen LogP contribution in [-0.4, -0.2) is 11.5 Å². The maximum atomic E-state index is 11.6. The van der Waals surface area contributed by atoms with Crippen molar-refractivity contribution < 1.29 is 4.79 Å². The van der Waals surface area contributed by atoms with Crippen LogP contribution in [0.4, 0.5) is 0 Å². The van der Waals surface area contributed by atoms with E-state index in [2.05, 4.69) is 13.5 Å². The van der Waals surface area contributed by atoms with E-state index in [1.165, 1.54) is 0 Å². The first-order valence-corrected chi connectivity index (χ1v) is 5.54. The number of rotatable bonds is 4. The molecule has 15 heavy (non-hydrogen) atoms. The molecule has 0 aromatic rings. The van der Waals surface area contributed by atoms with Crippen molar-refractivity contribution in [2.75, 3.05) is 0 Å². The molecule has 0 saturated heterocycles. The van der Waals surface area contributed by atoms with E-state index >= 15 is 0 Å². The van der Waals surface area contributed by atoms with Crippen molar-refractivity contribution in [2.45, 2.75) is 32.6 Å². The summed E-state index contributed by atoms with van der Waals surface area (Å²) in [5.74, 6) is 0.476. The van der Waals surface area contributed by atoms with Gasteiger partial charge in [0.25, 0.3) is 0 Å². The third-order valence-corrected chi connectivity index (χ3v) is 2.86. The minimum Gasteiger partial charge on any atom is -0.309 e. The van der Waals surface area contributed by atoms with Gasteiger partial charge in [-0.05, 0) is 25.2 Å². The number of ketones is 1. The van der Waals surface area contributed by atoms with Crippen LogP contribution in [0.2, 0.25) is 0 Å². The first-order chi connectivity index (χ1) is 7.15. The first kappa shape index (κ1) is 11.9. The van der Waals surface area contributed by atoms with Gasteiger partial charge in [0.2, 0.25) is 0 Å². The van der Waals surface area contributed by atoms with E-state index < -0.39 is 0 Å². The standard InChI is InChI=1S/C13H19NO/c1-3-4-6-10(2)9-11-12(14)7-5-8-13(11)15/h3-4,6,10-11,14H,1,5,7-9H2,2H3. The molecule has 1 aliphatic carbocycles. The van der Waals surface area contributed by atoms with Crippen molar-refractivity contribution >= 4 is 11.5 Å². The van der Waals surface area contributed by atoms with Gasteiger partial charge >= 0.3 is 0 Å². The van der Waals surface area contributed by atoms with Gasteiger partial charge in [0, 0.05) is 12.1 Å². The molecule has 0 aromatic carbocycles. The van der Waals surface area contributed by atoms with E-state index in [-0.39, 0.29) is 11.7 Å². The summed E-state index contributed by atoms with van der Waals surface area (Å²) in [5.41, 5.74) is 0.630. The summed E-state index contributed by atoms with van der Waals surface area (Å²) in [5, 5.41) is 7.78. The van der Waals surface area contributed by atoms with Gasteiger partial charge in [0.1, 0.15) is 5.78 Å². The van der Waals surface area contributed by atoms with Gasteiger partial charge < -0.3 is 5.41 Å². The summed E-state index contributed by atoms with van der Waals surface area (Å²) in [4.78, 5) is 11.6. The summed E-state index contributed by atoms with van der Waals surface area (Å²) in [7, 11) is 0. The highest BCUT2D eigenvalue weighted by molar-refractivity contribution is 6.05. The molecule has 1 N–H and O–H groups in total. The van der Waals surface area contributed by atoms with Crippen molar-refractivity contribution in [3.63, 3.8) is 0 Å². The summed E-state index contributed by atoms with van der Waals surface area (Å²) in [6, 6.07) is 0. The minimum atomic E-state index is -0.122. The van der Waals surface area contributed by atoms with Gasteiger partial charge in [-0.3, -0.25) is 4.79 Å². The SMILES string of the molecule is C=CC=CC(C)CC1C(=N)CCCC1=O. The molecule has 2 atom stereocenters. The van der Waals surface area contributed by atoms with Crippen LogP contribution >= 0.6 is 0 Å². The van der Waals surface area contributed by atoms with Crippen LogP contribution < -0.4 is 0 Å². The fraction of sp³-hybridized carbons (Fsp3) is 0.538. The molecule has 0 heterocycles. The average Bonchev–Trinajstić information content (AvgIpc) is 2.21. The third-order valence-electron chi connectivity index (χ3n) is 2.86. The molecular weight excluding hydrogens is 186 g/mol. The number of carbonyl (C=O) groups is 1. The Hall–Kier alpha value is -1.18. The molecule has 0 radical (unpaired) electrons. The zero-order valence-electron chi connectivity index (χ0n) is 9.33. The van der Waals surface area contributed by atoms with E-state index in [1.807, 2.05) is 12.2 Å². The fourth-order valence-electron chi connectivity index (χ4n) is 1.99. The number of hydrogen-bond acceptors (Lipinski definition) is 2. The van der Waals surface area contributed by atoms with Gasteiger partial charge in [-0.15, -0.1) is 0 Å². The van der Waals surface area contributed by atoms with Crippen molar-refractivity contribution in [3.05, 3.63) is 24.8 Å². The lowest BCUT2D eigenvalue weighted by molar-refractivity contribution is -0.121. The van der Waals surface area contributed by atoms with Crippen LogP contribution in [-0.2, 0) is 4.79 Å². The molecule has 2 nitrogen and oxygen atoms in total. The Morgan fingerprint density at radius 3 is 2.93 bits per heavy atom. The largest absolute Gasteiger partial charge is 0.309 e. The van der Waals surface area contributed by atoms with Crippen LogP contribution in [0.15, 0.2) is 24.8 Å². The molecule has 0 spiro atoms. The molecule has 0 bridgehead atoms. The number of nitrogens with one attached hydrogen (secondary N) is 1. The summed E-state index contributed by atoms with van der Waals surface area (Å²) in [6.45, 7) is 5.69. The van der Waals surface area contributed by atoms with E-state index in [9.17, 15) is 4.79 Å². The predicted octanol–water partition coefficient (Wildman–Crippen LogP) is 3.14. The monoisotopic (exact) mass is 205 g/mol. The highest BCUT2D eigenvalue weighted by atomic mass is 16.1. The molecular formula is C13H19NO. The van der Waals surface area contributed by atoms with Gasteiger partial charge in [-0.2, -0.15) is 0 Å². The topological polar surface area (TPSA) is 40.9 Å². The molecule has 82 valence electrons. The zero-order chi connectivity index (χ0) is 11.3. The van der Waals surface area contributed by atoms with Crippen LogP contribution in [0.1, 0.15) is 32.6 Å². The summed E-state index contributed by atoms with van der Waals surface area (Å²) in [6.07, 6.45) is 8.79. The highest BCUT2D eigenvalue weighted by Gasteiger charge is 2.27. The van der Waals surface area contributed by atoms with Gasteiger partial charge in [-0.1, -0.05) is 31.7 Å². The van der Waals surface area contributed by atoms with Crippen LogP contribution in [0.5, 0.6) is 0 Å². The molecule has 2 heteroatoms. The molecule has 2 unspecified atom stereocenters. The molecule has 1 fully saturated rings. The smallest absolute Gasteiger partial charge is 0.141 e. The van der Waals surface area contributed by atoms with Crippen molar-refractivity contribution in [3.8, 4) is 0 Å². The zero-order valence-corrected chi connectivity index (χ0v) is 9.33. The lowest BCUT2D eigenvalue weighted by Crippen LogP contribution is -2.29. The van der Waals surface area contributed by atoms with E-state index in [0.717, 1.165) is 19.3 Å². The summed E-state index contributed by atoms with van der Waals surface area (Å²) < 4.78 is 0. The highest BCUT2D eigenvalue weighted by Crippen LogP contribution is 2.24. The number of carbonyl (C=O) groups excluding carboxylic acids is 1. The average molecular weight is 205 g/mol. The predicted molar refractivity (Wildman–Crippen MR) is 63.2 cm³/mol. The Labute approximate surface area is 91.6 Å². The molecule has 1 rings (SSSR count). The van der Waals surface area contributed by atoms with Gasteiger partial charge in [0.05, 0.1) is 5.92 Å². The Balaban J connectivity index is 2.54. The molecule has 0 amide bonds. The second-order valence-electron chi connectivity index (χ2n) is 4.23. The van der Waals surface area contributed by atoms with Crippen molar-refractivity contribution in [1.29, 1.82) is 5.41 Å². The van der Waals surface area contributed by atoms with Crippen LogP contribution in [0, 0.1) is 17.2 Å². The third kappa shape index (κ3) is 3.46. The number of Topliss-reactive ketones (excluding diaryl/α,β-unsaturated/α-hetero) is 1. The van der Waals surface area contributed by atoms with Gasteiger partial charge in [-0.25, -0.2) is 0 Å². The normalized spacial score (nSPS) is 24.5. The Kier molecular flexibility index (Phi) is 4.47. The lowest BCUT2D eigenvalue weighted by Gasteiger charge is -2.23. The molecule has 0 aromatic heterocycles. The van der Waals surface area contributed by atoms with Crippen molar-refractivity contribution in [1.82, 2.24) is 0 Å². The number of allylic oxidation sites excluding steroid dienone is 3. The van der Waals surface area contributed by atoms with Crippen molar-refractivity contribution in [2.24, 2.45) is 11.8 Å². The van der Waals surface area contributed by atoms with E-state index in [4.69, 9.17) is 5.41 Å². The molecule has 1 aliphatic rings. The van der Waals surface area contributed by atoms with Gasteiger partial charge in [0.15, 0.2) is 0 Å². The Morgan fingerprint density at radius 2 is 2.33 bits per heavy atom.